The molecule has 0 radical (unpaired) electrons. The molecule has 0 aliphatic heterocycles. The van der Waals surface area contributed by atoms with Gasteiger partial charge >= 0.3 is 5.97 Å². The third kappa shape index (κ3) is 3.89. The number of carboxylic acid groups (broad SMARTS) is 1. The minimum absolute atomic E-state index is 0.168. The molecule has 1 aromatic carbocycles. The first-order chi connectivity index (χ1) is 13.0. The van der Waals surface area contributed by atoms with Crippen molar-refractivity contribution in [1.29, 1.82) is 0 Å². The average molecular weight is 450 g/mol. The molecule has 1 aliphatic rings. The van der Waals surface area contributed by atoms with Crippen LogP contribution in [0, 0.1) is 0 Å². The Bertz CT molecular complexity index is 943. The number of carbonyl (C=O) groups excluding carboxylic acids is 3. The van der Waals surface area contributed by atoms with Crippen molar-refractivity contribution in [2.45, 2.75) is 13.0 Å². The second kappa shape index (κ2) is 8.29. The maximum atomic E-state index is 12.3. The molecule has 0 saturated carbocycles. The molecule has 0 heterocycles. The zero-order valence-corrected chi connectivity index (χ0v) is 16.4. The Balaban J connectivity index is 2.38. The van der Waals surface area contributed by atoms with E-state index in [4.69, 9.17) is 28.3 Å². The number of carboxylic acids is 1. The number of carbonyl (C=O) groups is 4. The number of phenolic OH excluding ortho intramolecular Hbond substituents is 2. The van der Waals surface area contributed by atoms with E-state index < -0.39 is 73.5 Å². The van der Waals surface area contributed by atoms with Crippen molar-refractivity contribution in [1.82, 2.24) is 5.32 Å². The number of aromatic hydroxyl groups is 2. The first-order valence-corrected chi connectivity index (χ1v) is 9.42. The summed E-state index contributed by atoms with van der Waals surface area (Å²) in [5, 5.41) is 40.7. The van der Waals surface area contributed by atoms with Crippen LogP contribution in [-0.2, 0) is 14.4 Å². The van der Waals surface area contributed by atoms with E-state index in [0.717, 1.165) is 18.7 Å². The van der Waals surface area contributed by atoms with E-state index in [1.54, 1.807) is 0 Å². The van der Waals surface area contributed by atoms with Gasteiger partial charge in [0, 0.05) is 18.4 Å². The Morgan fingerprint density at radius 2 is 1.57 bits per heavy atom. The molecule has 150 valence electrons. The third-order valence-corrected chi connectivity index (χ3v) is 5.66. The summed E-state index contributed by atoms with van der Waals surface area (Å²) in [4.78, 5) is 46.8. The highest BCUT2D eigenvalue weighted by Gasteiger charge is 2.39. The van der Waals surface area contributed by atoms with Crippen LogP contribution in [0.5, 0.6) is 11.5 Å². The van der Waals surface area contributed by atoms with Crippen molar-refractivity contribution in [2.75, 3.05) is 11.5 Å². The Morgan fingerprint density at radius 1 is 1.04 bits per heavy atom. The van der Waals surface area contributed by atoms with Gasteiger partial charge in [-0.15, -0.1) is 0 Å². The number of thioether (sulfide) groups is 1. The lowest BCUT2D eigenvalue weighted by Crippen LogP contribution is -2.41. The number of benzene rings is 1. The average Bonchev–Trinajstić information content (AvgIpc) is 2.62. The predicted molar refractivity (Wildman–Crippen MR) is 101 cm³/mol. The molecule has 1 atom stereocenters. The van der Waals surface area contributed by atoms with E-state index in [2.05, 4.69) is 5.32 Å². The molecule has 9 nitrogen and oxygen atoms in total. The zero-order valence-electron chi connectivity index (χ0n) is 14.1. The molecule has 12 heteroatoms. The molecule has 0 aromatic heterocycles. The number of halogens is 2. The number of ketones is 2. The van der Waals surface area contributed by atoms with Crippen molar-refractivity contribution in [2.24, 2.45) is 0 Å². The molecule has 28 heavy (non-hydrogen) atoms. The van der Waals surface area contributed by atoms with E-state index in [9.17, 15) is 34.5 Å². The van der Waals surface area contributed by atoms with Gasteiger partial charge in [-0.1, -0.05) is 23.2 Å². The molecular formula is C16H13Cl2NO8S. The smallest absolute Gasteiger partial charge is 0.327 e. The third-order valence-electron chi connectivity index (χ3n) is 3.77. The van der Waals surface area contributed by atoms with Crippen molar-refractivity contribution in [3.8, 4) is 11.5 Å². The van der Waals surface area contributed by atoms with Crippen molar-refractivity contribution >= 4 is 64.2 Å². The van der Waals surface area contributed by atoms with Gasteiger partial charge in [-0.3, -0.25) is 14.4 Å². The summed E-state index contributed by atoms with van der Waals surface area (Å²) in [7, 11) is 0. The molecule has 2 rings (SSSR count). The van der Waals surface area contributed by atoms with E-state index in [-0.39, 0.29) is 11.5 Å². The first kappa shape index (κ1) is 21.9. The quantitative estimate of drug-likeness (QED) is 0.321. The van der Waals surface area contributed by atoms with Crippen molar-refractivity contribution in [3.63, 3.8) is 0 Å². The molecule has 0 fully saturated rings. The van der Waals surface area contributed by atoms with Crippen LogP contribution in [0.4, 0.5) is 0 Å². The minimum Gasteiger partial charge on any atom is -0.507 e. The van der Waals surface area contributed by atoms with Gasteiger partial charge in [-0.05, 0) is 0 Å². The second-order valence-electron chi connectivity index (χ2n) is 5.67. The number of nitrogens with one attached hydrogen (secondary N) is 1. The lowest BCUT2D eigenvalue weighted by Gasteiger charge is -2.21. The fraction of sp³-hybridized carbons (Fsp3) is 0.250. The van der Waals surface area contributed by atoms with E-state index in [1.807, 2.05) is 0 Å². The molecule has 1 aromatic rings. The minimum atomic E-state index is -1.30. The number of hydrogen-bond acceptors (Lipinski definition) is 8. The summed E-state index contributed by atoms with van der Waals surface area (Å²) in [5.74, 6) is -7.15. The highest BCUT2D eigenvalue weighted by molar-refractivity contribution is 7.99. The molecule has 1 aliphatic carbocycles. The van der Waals surface area contributed by atoms with Crippen LogP contribution in [0.2, 0.25) is 10.0 Å². The summed E-state index contributed by atoms with van der Waals surface area (Å²) in [6.07, 6.45) is 0. The highest BCUT2D eigenvalue weighted by atomic mass is 35.5. The van der Waals surface area contributed by atoms with E-state index >= 15 is 0 Å². The fourth-order valence-corrected chi connectivity index (χ4v) is 3.88. The molecule has 0 spiro atoms. The summed E-state index contributed by atoms with van der Waals surface area (Å²) in [6.45, 7) is 1.14. The normalized spacial score (nSPS) is 14.7. The van der Waals surface area contributed by atoms with Crippen molar-refractivity contribution < 1.29 is 39.6 Å². The Kier molecular flexibility index (Phi) is 6.48. The van der Waals surface area contributed by atoms with Crippen molar-refractivity contribution in [3.05, 3.63) is 26.7 Å². The van der Waals surface area contributed by atoms with Crippen LogP contribution in [0.15, 0.2) is 5.57 Å². The van der Waals surface area contributed by atoms with Gasteiger partial charge in [0.25, 0.3) is 0 Å². The maximum Gasteiger partial charge on any atom is 0.327 e. The zero-order chi connectivity index (χ0) is 21.3. The Labute approximate surface area is 171 Å². The van der Waals surface area contributed by atoms with E-state index in [1.165, 1.54) is 0 Å². The highest BCUT2D eigenvalue weighted by Crippen LogP contribution is 2.48. The van der Waals surface area contributed by atoms with Crippen LogP contribution in [-0.4, -0.2) is 61.4 Å². The van der Waals surface area contributed by atoms with Crippen LogP contribution < -0.4 is 5.32 Å². The number of aliphatic hydroxyl groups excluding tert-OH is 1. The topological polar surface area (TPSA) is 161 Å². The molecule has 0 unspecified atom stereocenters. The predicted octanol–water partition coefficient (Wildman–Crippen LogP) is 1.76. The molecule has 0 bridgehead atoms. The number of aliphatic carboxylic acids is 1. The number of amides is 1. The number of Topliss-reactive ketones (excluding diaryl/α,β-unsaturated/α-hetero) is 2. The van der Waals surface area contributed by atoms with Crippen LogP contribution in [0.25, 0.3) is 5.76 Å². The van der Waals surface area contributed by atoms with Gasteiger partial charge in [-0.2, -0.15) is 11.8 Å². The molecule has 5 N–H and O–H groups in total. The first-order valence-electron chi connectivity index (χ1n) is 7.51. The monoisotopic (exact) mass is 449 g/mol. The van der Waals surface area contributed by atoms with Crippen LogP contribution in [0.3, 0.4) is 0 Å². The van der Waals surface area contributed by atoms with Gasteiger partial charge in [0.1, 0.15) is 33.3 Å². The molecule has 1 amide bonds. The van der Waals surface area contributed by atoms with Gasteiger partial charge in [0.05, 0.1) is 16.7 Å². The second-order valence-corrected chi connectivity index (χ2v) is 7.45. The Hall–Kier alpha value is -2.43. The van der Waals surface area contributed by atoms with Gasteiger partial charge < -0.3 is 25.7 Å². The maximum absolute atomic E-state index is 12.3. The Morgan fingerprint density at radius 3 is 2.07 bits per heavy atom. The number of fused-ring (bicyclic) bond motifs is 1. The number of rotatable bonds is 6. The number of aliphatic hydroxyl groups is 1. The summed E-state index contributed by atoms with van der Waals surface area (Å²) < 4.78 is 0. The van der Waals surface area contributed by atoms with Crippen LogP contribution in [0.1, 0.15) is 22.8 Å². The van der Waals surface area contributed by atoms with Gasteiger partial charge in [-0.25, -0.2) is 4.79 Å². The summed E-state index contributed by atoms with van der Waals surface area (Å²) in [5.41, 5.74) is -1.63. The van der Waals surface area contributed by atoms with E-state index in [0.29, 0.717) is 0 Å². The van der Waals surface area contributed by atoms with Crippen LogP contribution >= 0.6 is 35.0 Å². The lowest BCUT2D eigenvalue weighted by atomic mass is 9.87. The molecule has 0 saturated heterocycles. The van der Waals surface area contributed by atoms with Gasteiger partial charge in [0.2, 0.25) is 17.5 Å². The fourth-order valence-electron chi connectivity index (χ4n) is 2.46. The number of phenols is 2. The largest absolute Gasteiger partial charge is 0.507 e. The standard InChI is InChI=1S/C16H13Cl2NO8S/c1-4(20)19-6(16(26)27)3-28-2-5-11(21)7-8(15(25)12(5)22)14(24)10(18)9(17)13(7)23/h6,21,23-24H,2-3H2,1H3,(H,19,20)(H,26,27)/t6-/m0/s1. The SMILES string of the molecule is CC(=O)N[C@@H](CSCC1=C(O)c2c(O)c(Cl)c(Cl)c(O)c2C(=O)C1=O)C(=O)O. The number of hydrogen-bond donors (Lipinski definition) is 5. The summed E-state index contributed by atoms with van der Waals surface area (Å²) in [6, 6.07) is -1.25. The summed E-state index contributed by atoms with van der Waals surface area (Å²) >= 11 is 12.3. The van der Waals surface area contributed by atoms with Gasteiger partial charge in [0.15, 0.2) is 0 Å². The molecular weight excluding hydrogens is 437 g/mol. The lowest BCUT2D eigenvalue weighted by molar-refractivity contribution is -0.140.